The molecule has 1 atom stereocenters. The summed E-state index contributed by atoms with van der Waals surface area (Å²) in [7, 11) is -2.36. The number of carbonyl (C=O) groups is 1. The maximum absolute atomic E-state index is 12.3. The van der Waals surface area contributed by atoms with Gasteiger partial charge in [-0.2, -0.15) is 17.0 Å². The van der Waals surface area contributed by atoms with E-state index in [0.717, 1.165) is 8.61 Å². The van der Waals surface area contributed by atoms with Gasteiger partial charge in [-0.25, -0.2) is 4.98 Å². The van der Waals surface area contributed by atoms with Crippen molar-refractivity contribution < 1.29 is 18.3 Å². The van der Waals surface area contributed by atoms with Crippen LogP contribution in [0.25, 0.3) is 0 Å². The molecule has 2 heterocycles. The molecule has 0 fully saturated rings. The fourth-order valence-electron chi connectivity index (χ4n) is 2.01. The molecule has 2 N–H and O–H groups in total. The van der Waals surface area contributed by atoms with E-state index >= 15 is 0 Å². The number of aromatic amines is 1. The monoisotopic (exact) mass is 288 g/mol. The van der Waals surface area contributed by atoms with Gasteiger partial charge in [-0.15, -0.1) is 0 Å². The van der Waals surface area contributed by atoms with Gasteiger partial charge in [0.05, 0.1) is 24.3 Å². The summed E-state index contributed by atoms with van der Waals surface area (Å²) in [6, 6.07) is -1.12. The molecule has 0 spiro atoms. The third kappa shape index (κ3) is 2.36. The highest BCUT2D eigenvalue weighted by atomic mass is 32.2. The van der Waals surface area contributed by atoms with Gasteiger partial charge in [0.2, 0.25) is 0 Å². The fourth-order valence-corrected chi connectivity index (χ4v) is 3.47. The van der Waals surface area contributed by atoms with E-state index in [-0.39, 0.29) is 19.5 Å². The summed E-state index contributed by atoms with van der Waals surface area (Å²) in [5.41, 5.74) is 1.25. The highest BCUT2D eigenvalue weighted by Crippen LogP contribution is 2.24. The number of imidazole rings is 1. The van der Waals surface area contributed by atoms with Crippen molar-refractivity contribution in [1.82, 2.24) is 18.6 Å². The van der Waals surface area contributed by atoms with Gasteiger partial charge in [-0.05, 0) is 0 Å². The van der Waals surface area contributed by atoms with Crippen molar-refractivity contribution in [3.8, 4) is 0 Å². The lowest BCUT2D eigenvalue weighted by atomic mass is 10.1. The molecule has 0 saturated heterocycles. The van der Waals surface area contributed by atoms with E-state index in [4.69, 9.17) is 0 Å². The Kier molecular flexibility index (Phi) is 3.61. The number of carboxylic acid groups (broad SMARTS) is 1. The van der Waals surface area contributed by atoms with Crippen LogP contribution < -0.4 is 0 Å². The molecular formula is C10H16N4O4S. The summed E-state index contributed by atoms with van der Waals surface area (Å²) >= 11 is 0. The van der Waals surface area contributed by atoms with Crippen LogP contribution in [0.2, 0.25) is 0 Å². The molecule has 2 rings (SSSR count). The van der Waals surface area contributed by atoms with Crippen molar-refractivity contribution in [3.63, 3.8) is 0 Å². The van der Waals surface area contributed by atoms with Gasteiger partial charge in [0.1, 0.15) is 6.04 Å². The first kappa shape index (κ1) is 14.0. The van der Waals surface area contributed by atoms with E-state index in [0.29, 0.717) is 11.4 Å². The van der Waals surface area contributed by atoms with Crippen LogP contribution in [0.15, 0.2) is 6.33 Å². The van der Waals surface area contributed by atoms with Crippen LogP contribution in [-0.4, -0.2) is 57.7 Å². The SMILES string of the molecule is CCN(C)S(=O)(=O)N1Cc2[nH]cnc2CC1C(=O)O. The standard InChI is InChI=1S/C10H16N4O4S/c1-3-13(2)19(17,18)14-5-8-7(11-6-12-8)4-9(14)10(15)16/h6,9H,3-5H2,1-2H3,(H,11,12)(H,15,16). The number of aromatic nitrogens is 2. The Morgan fingerprint density at radius 2 is 2.37 bits per heavy atom. The summed E-state index contributed by atoms with van der Waals surface area (Å²) in [6.45, 7) is 1.97. The molecule has 0 aliphatic carbocycles. The first-order chi connectivity index (χ1) is 8.87. The second-order valence-electron chi connectivity index (χ2n) is 4.35. The van der Waals surface area contributed by atoms with Crippen LogP contribution in [0.3, 0.4) is 0 Å². The van der Waals surface area contributed by atoms with Crippen LogP contribution >= 0.6 is 0 Å². The molecule has 0 saturated carbocycles. The highest BCUT2D eigenvalue weighted by Gasteiger charge is 2.41. The second-order valence-corrected chi connectivity index (χ2v) is 6.34. The minimum Gasteiger partial charge on any atom is -0.480 e. The molecule has 9 heteroatoms. The lowest BCUT2D eigenvalue weighted by Crippen LogP contribution is -2.52. The Labute approximate surface area is 111 Å². The van der Waals surface area contributed by atoms with Crippen molar-refractivity contribution in [3.05, 3.63) is 17.7 Å². The summed E-state index contributed by atoms with van der Waals surface area (Å²) in [6.07, 6.45) is 1.52. The Hall–Kier alpha value is -1.45. The Balaban J connectivity index is 2.41. The molecule has 0 bridgehead atoms. The quantitative estimate of drug-likeness (QED) is 0.770. The number of carboxylic acids is 1. The number of aliphatic carboxylic acids is 1. The summed E-state index contributed by atoms with van der Waals surface area (Å²) < 4.78 is 26.8. The molecule has 1 unspecified atom stereocenters. The third-order valence-corrected chi connectivity index (χ3v) is 5.30. The molecule has 1 aliphatic rings. The van der Waals surface area contributed by atoms with Gasteiger partial charge in [-0.1, -0.05) is 6.92 Å². The fraction of sp³-hybridized carbons (Fsp3) is 0.600. The first-order valence-corrected chi connectivity index (χ1v) is 7.24. The summed E-state index contributed by atoms with van der Waals surface area (Å²) in [5.74, 6) is -1.17. The predicted molar refractivity (Wildman–Crippen MR) is 66.5 cm³/mol. The molecule has 1 aromatic rings. The van der Waals surface area contributed by atoms with E-state index < -0.39 is 22.2 Å². The Bertz CT molecular complexity index is 582. The molecule has 8 nitrogen and oxygen atoms in total. The van der Waals surface area contributed by atoms with E-state index in [1.165, 1.54) is 13.4 Å². The molecule has 1 aliphatic heterocycles. The Morgan fingerprint density at radius 1 is 1.68 bits per heavy atom. The molecule has 0 aromatic carbocycles. The van der Waals surface area contributed by atoms with Crippen molar-refractivity contribution in [2.24, 2.45) is 0 Å². The van der Waals surface area contributed by atoms with Crippen molar-refractivity contribution in [1.29, 1.82) is 0 Å². The number of rotatable bonds is 4. The van der Waals surface area contributed by atoms with Crippen molar-refractivity contribution in [2.45, 2.75) is 25.9 Å². The van der Waals surface area contributed by atoms with Gasteiger partial charge >= 0.3 is 5.97 Å². The molecule has 1 aromatic heterocycles. The molecule has 19 heavy (non-hydrogen) atoms. The number of nitrogens with zero attached hydrogens (tertiary/aromatic N) is 3. The highest BCUT2D eigenvalue weighted by molar-refractivity contribution is 7.86. The van der Waals surface area contributed by atoms with Gasteiger partial charge in [0, 0.05) is 20.0 Å². The van der Waals surface area contributed by atoms with Gasteiger partial charge < -0.3 is 10.1 Å². The average Bonchev–Trinajstić information content (AvgIpc) is 2.83. The number of hydrogen-bond donors (Lipinski definition) is 2. The molecule has 0 radical (unpaired) electrons. The number of H-pyrrole nitrogens is 1. The number of nitrogens with one attached hydrogen (secondary N) is 1. The van der Waals surface area contributed by atoms with Gasteiger partial charge in [0.15, 0.2) is 0 Å². The smallest absolute Gasteiger partial charge is 0.322 e. The largest absolute Gasteiger partial charge is 0.480 e. The van der Waals surface area contributed by atoms with Gasteiger partial charge in [-0.3, -0.25) is 4.79 Å². The van der Waals surface area contributed by atoms with Crippen LogP contribution in [-0.2, 0) is 28.0 Å². The zero-order valence-corrected chi connectivity index (χ0v) is 11.5. The lowest BCUT2D eigenvalue weighted by Gasteiger charge is -2.33. The van der Waals surface area contributed by atoms with Crippen molar-refractivity contribution >= 4 is 16.2 Å². The Morgan fingerprint density at radius 3 is 2.95 bits per heavy atom. The van der Waals surface area contributed by atoms with Crippen LogP contribution in [0.4, 0.5) is 0 Å². The maximum Gasteiger partial charge on any atom is 0.322 e. The lowest BCUT2D eigenvalue weighted by molar-refractivity contribution is -0.142. The normalized spacial score (nSPS) is 20.5. The number of hydrogen-bond acceptors (Lipinski definition) is 4. The molecule has 106 valence electrons. The predicted octanol–water partition coefficient (Wildman–Crippen LogP) is -0.582. The zero-order valence-electron chi connectivity index (χ0n) is 10.7. The number of fused-ring (bicyclic) bond motifs is 1. The van der Waals surface area contributed by atoms with Crippen LogP contribution in [0, 0.1) is 0 Å². The van der Waals surface area contributed by atoms with Gasteiger partial charge in [0.25, 0.3) is 10.2 Å². The molecular weight excluding hydrogens is 272 g/mol. The second kappa shape index (κ2) is 4.91. The third-order valence-electron chi connectivity index (χ3n) is 3.28. The maximum atomic E-state index is 12.3. The average molecular weight is 288 g/mol. The molecule has 0 amide bonds. The summed E-state index contributed by atoms with van der Waals surface area (Å²) in [5, 5.41) is 9.23. The van der Waals surface area contributed by atoms with E-state index in [1.807, 2.05) is 0 Å². The summed E-state index contributed by atoms with van der Waals surface area (Å²) in [4.78, 5) is 18.2. The zero-order chi connectivity index (χ0) is 14.2. The van der Waals surface area contributed by atoms with Crippen molar-refractivity contribution in [2.75, 3.05) is 13.6 Å². The van der Waals surface area contributed by atoms with E-state index in [2.05, 4.69) is 9.97 Å². The van der Waals surface area contributed by atoms with E-state index in [9.17, 15) is 18.3 Å². The first-order valence-electron chi connectivity index (χ1n) is 5.85. The van der Waals surface area contributed by atoms with Crippen LogP contribution in [0.1, 0.15) is 18.3 Å². The van der Waals surface area contributed by atoms with Crippen LogP contribution in [0.5, 0.6) is 0 Å². The van der Waals surface area contributed by atoms with E-state index in [1.54, 1.807) is 6.92 Å². The minimum absolute atomic E-state index is 0.00102. The topological polar surface area (TPSA) is 107 Å². The minimum atomic E-state index is -3.79.